The molecular weight excluding hydrogens is 442 g/mol. The molecule has 0 unspecified atom stereocenters. The van der Waals surface area contributed by atoms with Crippen molar-refractivity contribution in [1.29, 1.82) is 0 Å². The van der Waals surface area contributed by atoms with Gasteiger partial charge in [0.15, 0.2) is 11.5 Å². The first-order valence-corrected chi connectivity index (χ1v) is 12.1. The highest BCUT2D eigenvalue weighted by Crippen LogP contribution is 2.33. The summed E-state index contributed by atoms with van der Waals surface area (Å²) in [5.74, 6) is 1.27. The lowest BCUT2D eigenvalue weighted by atomic mass is 10.1. The number of fused-ring (bicyclic) bond motifs is 1. The summed E-state index contributed by atoms with van der Waals surface area (Å²) in [5, 5.41) is 0.286. The largest absolute Gasteiger partial charge is 0.454 e. The Bertz CT molecular complexity index is 1070. The SMILES string of the molecule is CS(=O)(=O)N(CC(=O)N1CCN(Cc2ccc3c(c2)OCO3)CC1)c1ccccc1Cl. The molecule has 0 radical (unpaired) electrons. The standard InChI is InChI=1S/C21H24ClN3O5S/c1-31(27,28)25(18-5-3-2-4-17(18)22)14-21(26)24-10-8-23(9-11-24)13-16-6-7-19-20(12-16)30-15-29-19/h2-7,12H,8-11,13-15H2,1H3. The van der Waals surface area contributed by atoms with E-state index in [1.54, 1.807) is 29.2 Å². The molecule has 2 aliphatic rings. The number of rotatable bonds is 6. The Morgan fingerprint density at radius 1 is 1.06 bits per heavy atom. The third-order valence-corrected chi connectivity index (χ3v) is 6.81. The summed E-state index contributed by atoms with van der Waals surface area (Å²) in [6.07, 6.45) is 1.08. The smallest absolute Gasteiger partial charge is 0.243 e. The fourth-order valence-electron chi connectivity index (χ4n) is 3.71. The quantitative estimate of drug-likeness (QED) is 0.650. The number of hydrogen-bond donors (Lipinski definition) is 0. The fourth-order valence-corrected chi connectivity index (χ4v) is 4.86. The number of amides is 1. The Morgan fingerprint density at radius 2 is 1.77 bits per heavy atom. The van der Waals surface area contributed by atoms with Crippen molar-refractivity contribution in [3.05, 3.63) is 53.1 Å². The molecule has 1 amide bonds. The number of carbonyl (C=O) groups is 1. The highest BCUT2D eigenvalue weighted by molar-refractivity contribution is 7.92. The fraction of sp³-hybridized carbons (Fsp3) is 0.381. The number of halogens is 1. The van der Waals surface area contributed by atoms with E-state index in [1.807, 2.05) is 18.2 Å². The van der Waals surface area contributed by atoms with Crippen molar-refractivity contribution in [2.75, 3.05) is 50.1 Å². The zero-order valence-electron chi connectivity index (χ0n) is 17.2. The minimum absolute atomic E-state index is 0.243. The molecule has 166 valence electrons. The predicted octanol–water partition coefficient (Wildman–Crippen LogP) is 2.18. The molecule has 2 aromatic rings. The summed E-state index contributed by atoms with van der Waals surface area (Å²) in [7, 11) is -3.66. The maximum atomic E-state index is 12.9. The molecule has 0 bridgehead atoms. The minimum Gasteiger partial charge on any atom is -0.454 e. The van der Waals surface area contributed by atoms with E-state index >= 15 is 0 Å². The van der Waals surface area contributed by atoms with Crippen LogP contribution in [-0.4, -0.2) is 69.9 Å². The molecule has 0 atom stereocenters. The third kappa shape index (κ3) is 5.06. The maximum Gasteiger partial charge on any atom is 0.243 e. The second-order valence-electron chi connectivity index (χ2n) is 7.57. The number of nitrogens with zero attached hydrogens (tertiary/aromatic N) is 3. The monoisotopic (exact) mass is 465 g/mol. The predicted molar refractivity (Wildman–Crippen MR) is 118 cm³/mol. The molecule has 0 aromatic heterocycles. The van der Waals surface area contributed by atoms with Gasteiger partial charge in [0.2, 0.25) is 22.7 Å². The summed E-state index contributed by atoms with van der Waals surface area (Å²) in [5.41, 5.74) is 1.42. The van der Waals surface area contributed by atoms with E-state index in [1.165, 1.54) is 0 Å². The van der Waals surface area contributed by atoms with E-state index < -0.39 is 10.0 Å². The first-order chi connectivity index (χ1) is 14.8. The van der Waals surface area contributed by atoms with Crippen molar-refractivity contribution < 1.29 is 22.7 Å². The van der Waals surface area contributed by atoms with Crippen LogP contribution in [0.3, 0.4) is 0 Å². The molecule has 0 N–H and O–H groups in total. The van der Waals surface area contributed by atoms with Crippen LogP contribution >= 0.6 is 11.6 Å². The van der Waals surface area contributed by atoms with Gasteiger partial charge in [0.05, 0.1) is 17.0 Å². The van der Waals surface area contributed by atoms with Gasteiger partial charge in [0, 0.05) is 32.7 Å². The van der Waals surface area contributed by atoms with E-state index in [0.717, 1.165) is 34.2 Å². The Kier molecular flexibility index (Phi) is 6.27. The van der Waals surface area contributed by atoms with Gasteiger partial charge in [-0.1, -0.05) is 29.8 Å². The van der Waals surface area contributed by atoms with Gasteiger partial charge in [0.1, 0.15) is 6.54 Å². The number of carbonyl (C=O) groups excluding carboxylic acids is 1. The van der Waals surface area contributed by atoms with Crippen LogP contribution in [0.2, 0.25) is 5.02 Å². The summed E-state index contributed by atoms with van der Waals surface area (Å²) in [6, 6.07) is 12.5. The topological polar surface area (TPSA) is 79.4 Å². The molecule has 0 spiro atoms. The summed E-state index contributed by atoms with van der Waals surface area (Å²) < 4.78 is 36.5. The molecule has 1 fully saturated rings. The molecule has 0 aliphatic carbocycles. The molecule has 2 heterocycles. The van der Waals surface area contributed by atoms with Crippen molar-refractivity contribution in [3.8, 4) is 11.5 Å². The van der Waals surface area contributed by atoms with Crippen molar-refractivity contribution in [2.24, 2.45) is 0 Å². The summed E-state index contributed by atoms with van der Waals surface area (Å²) >= 11 is 6.17. The van der Waals surface area contributed by atoms with Crippen LogP contribution in [0.1, 0.15) is 5.56 Å². The van der Waals surface area contributed by atoms with Gasteiger partial charge in [-0.25, -0.2) is 8.42 Å². The molecule has 10 heteroatoms. The van der Waals surface area contributed by atoms with Crippen LogP contribution < -0.4 is 13.8 Å². The van der Waals surface area contributed by atoms with Crippen molar-refractivity contribution in [1.82, 2.24) is 9.80 Å². The molecule has 0 saturated carbocycles. The highest BCUT2D eigenvalue weighted by atomic mass is 35.5. The van der Waals surface area contributed by atoms with Crippen LogP contribution in [0, 0.1) is 0 Å². The maximum absolute atomic E-state index is 12.9. The van der Waals surface area contributed by atoms with Gasteiger partial charge in [0.25, 0.3) is 0 Å². The average Bonchev–Trinajstić information content (AvgIpc) is 3.20. The first-order valence-electron chi connectivity index (χ1n) is 9.92. The van der Waals surface area contributed by atoms with Gasteiger partial charge in [-0.05, 0) is 29.8 Å². The van der Waals surface area contributed by atoms with Crippen LogP contribution in [0.15, 0.2) is 42.5 Å². The van der Waals surface area contributed by atoms with E-state index in [0.29, 0.717) is 31.9 Å². The number of sulfonamides is 1. The van der Waals surface area contributed by atoms with E-state index in [2.05, 4.69) is 4.90 Å². The van der Waals surface area contributed by atoms with Crippen LogP contribution in [-0.2, 0) is 21.4 Å². The number of piperazine rings is 1. The van der Waals surface area contributed by atoms with Crippen molar-refractivity contribution in [3.63, 3.8) is 0 Å². The average molecular weight is 466 g/mol. The lowest BCUT2D eigenvalue weighted by Gasteiger charge is -2.36. The lowest BCUT2D eigenvalue weighted by Crippen LogP contribution is -2.51. The molecular formula is C21H24ClN3O5S. The van der Waals surface area contributed by atoms with E-state index in [4.69, 9.17) is 21.1 Å². The zero-order chi connectivity index (χ0) is 22.0. The normalized spacial score (nSPS) is 16.4. The molecule has 8 nitrogen and oxygen atoms in total. The lowest BCUT2D eigenvalue weighted by molar-refractivity contribution is -0.131. The van der Waals surface area contributed by atoms with Gasteiger partial charge in [-0.3, -0.25) is 14.0 Å². The van der Waals surface area contributed by atoms with Gasteiger partial charge in [-0.2, -0.15) is 0 Å². The number of para-hydroxylation sites is 1. The number of benzene rings is 2. The van der Waals surface area contributed by atoms with Gasteiger partial charge >= 0.3 is 0 Å². The van der Waals surface area contributed by atoms with E-state index in [9.17, 15) is 13.2 Å². The Hall–Kier alpha value is -2.49. The molecule has 2 aromatic carbocycles. The summed E-state index contributed by atoms with van der Waals surface area (Å²) in [6.45, 7) is 3.18. The van der Waals surface area contributed by atoms with E-state index in [-0.39, 0.29) is 24.3 Å². The summed E-state index contributed by atoms with van der Waals surface area (Å²) in [4.78, 5) is 16.8. The first kappa shape index (κ1) is 21.7. The molecule has 31 heavy (non-hydrogen) atoms. The number of ether oxygens (including phenoxy) is 2. The van der Waals surface area contributed by atoms with Gasteiger partial charge < -0.3 is 14.4 Å². The van der Waals surface area contributed by atoms with Crippen LogP contribution in [0.25, 0.3) is 0 Å². The second kappa shape index (κ2) is 8.94. The van der Waals surface area contributed by atoms with Crippen LogP contribution in [0.5, 0.6) is 11.5 Å². The molecule has 2 aliphatic heterocycles. The Labute approximate surface area is 186 Å². The van der Waals surface area contributed by atoms with Crippen molar-refractivity contribution in [2.45, 2.75) is 6.54 Å². The second-order valence-corrected chi connectivity index (χ2v) is 9.88. The zero-order valence-corrected chi connectivity index (χ0v) is 18.7. The number of anilines is 1. The molecule has 1 saturated heterocycles. The Balaban J connectivity index is 1.35. The minimum atomic E-state index is -3.66. The van der Waals surface area contributed by atoms with Gasteiger partial charge in [-0.15, -0.1) is 0 Å². The Morgan fingerprint density at radius 3 is 2.48 bits per heavy atom. The number of hydrogen-bond acceptors (Lipinski definition) is 6. The third-order valence-electron chi connectivity index (χ3n) is 5.37. The highest BCUT2D eigenvalue weighted by Gasteiger charge is 2.27. The molecule has 4 rings (SSSR count). The van der Waals surface area contributed by atoms with Crippen molar-refractivity contribution >= 4 is 33.2 Å². The van der Waals surface area contributed by atoms with Crippen LogP contribution in [0.4, 0.5) is 5.69 Å².